The Labute approximate surface area is 195 Å². The first kappa shape index (κ1) is 22.9. The van der Waals surface area contributed by atoms with Gasteiger partial charge in [-0.05, 0) is 61.6 Å². The molecule has 1 aliphatic rings. The Morgan fingerprint density at radius 3 is 2.50 bits per heavy atom. The van der Waals surface area contributed by atoms with Gasteiger partial charge in [-0.25, -0.2) is 12.8 Å². The number of furan rings is 1. The zero-order valence-electron chi connectivity index (χ0n) is 18.0. The van der Waals surface area contributed by atoms with Gasteiger partial charge in [-0.15, -0.1) is 0 Å². The van der Waals surface area contributed by atoms with Crippen molar-refractivity contribution in [2.24, 2.45) is 11.8 Å². The number of amides is 1. The fourth-order valence-electron chi connectivity index (χ4n) is 4.30. The fourth-order valence-corrected chi connectivity index (χ4v) is 6.34. The number of carbonyl (C=O) groups excluding carboxylic acids is 1. The minimum atomic E-state index is -3.67. The summed E-state index contributed by atoms with van der Waals surface area (Å²) in [7, 11) is -3.67. The van der Waals surface area contributed by atoms with E-state index >= 15 is 0 Å². The molecule has 3 aromatic rings. The van der Waals surface area contributed by atoms with Crippen molar-refractivity contribution >= 4 is 48.5 Å². The molecular weight excluding hydrogens is 499 g/mol. The van der Waals surface area contributed by atoms with Crippen LogP contribution in [-0.2, 0) is 10.0 Å². The summed E-state index contributed by atoms with van der Waals surface area (Å²) in [4.78, 5) is 12.9. The summed E-state index contributed by atoms with van der Waals surface area (Å²) in [6.45, 7) is 6.77. The van der Waals surface area contributed by atoms with Crippen molar-refractivity contribution in [3.8, 4) is 0 Å². The van der Waals surface area contributed by atoms with Gasteiger partial charge in [-0.1, -0.05) is 29.8 Å². The molecule has 1 amide bonds. The van der Waals surface area contributed by atoms with Crippen molar-refractivity contribution < 1.29 is 22.0 Å². The molecule has 4 rings (SSSR count). The highest BCUT2D eigenvalue weighted by molar-refractivity contribution is 9.10. The van der Waals surface area contributed by atoms with Crippen molar-refractivity contribution in [1.82, 2.24) is 4.31 Å². The largest absolute Gasteiger partial charge is 0.451 e. The average Bonchev–Trinajstić information content (AvgIpc) is 3.05. The minimum absolute atomic E-state index is 0.0112. The third-order valence-corrected chi connectivity index (χ3v) is 8.09. The van der Waals surface area contributed by atoms with E-state index in [4.69, 9.17) is 4.42 Å². The SMILES string of the molecule is Cc1c(C(=O)Nc2ccc(Br)cc2F)oc2ccc(S(=O)(=O)N3C[C@H](C)C[C@@H](C)C3)cc12. The summed E-state index contributed by atoms with van der Waals surface area (Å²) in [6, 6.07) is 8.92. The predicted octanol–water partition coefficient (Wildman–Crippen LogP) is 5.56. The molecule has 6 nitrogen and oxygen atoms in total. The van der Waals surface area contributed by atoms with Gasteiger partial charge in [0.05, 0.1) is 10.6 Å². The van der Waals surface area contributed by atoms with Gasteiger partial charge in [0.1, 0.15) is 11.4 Å². The van der Waals surface area contributed by atoms with Crippen LogP contribution in [0.1, 0.15) is 36.4 Å². The monoisotopic (exact) mass is 522 g/mol. The molecule has 0 aliphatic carbocycles. The normalized spacial score (nSPS) is 19.9. The van der Waals surface area contributed by atoms with Gasteiger partial charge < -0.3 is 9.73 Å². The Hall–Kier alpha value is -2.23. The van der Waals surface area contributed by atoms with Gasteiger partial charge in [0.25, 0.3) is 5.91 Å². The topological polar surface area (TPSA) is 79.6 Å². The molecule has 170 valence electrons. The van der Waals surface area contributed by atoms with E-state index in [9.17, 15) is 17.6 Å². The standard InChI is InChI=1S/C23H24BrFN2O4S/c1-13-8-14(2)12-27(11-13)32(29,30)17-5-7-21-18(10-17)15(3)22(31-21)23(28)26-20-6-4-16(24)9-19(20)25/h4-7,9-10,13-14H,8,11-12H2,1-3H3,(H,26,28)/t13-,14-/m1/s1. The number of hydrogen-bond acceptors (Lipinski definition) is 4. The Kier molecular flexibility index (Phi) is 6.17. The molecule has 32 heavy (non-hydrogen) atoms. The highest BCUT2D eigenvalue weighted by Crippen LogP contribution is 2.32. The highest BCUT2D eigenvalue weighted by atomic mass is 79.9. The van der Waals surface area contributed by atoms with Gasteiger partial charge in [-0.2, -0.15) is 4.31 Å². The van der Waals surface area contributed by atoms with Crippen LogP contribution in [0.15, 0.2) is 50.2 Å². The maximum atomic E-state index is 14.1. The molecule has 1 fully saturated rings. The van der Waals surface area contributed by atoms with Crippen molar-refractivity contribution in [1.29, 1.82) is 0 Å². The van der Waals surface area contributed by atoms with E-state index in [0.717, 1.165) is 6.42 Å². The molecule has 0 bridgehead atoms. The molecule has 9 heteroatoms. The Morgan fingerprint density at radius 1 is 1.16 bits per heavy atom. The first-order valence-corrected chi connectivity index (χ1v) is 12.6. The molecule has 2 heterocycles. The molecule has 1 N–H and O–H groups in total. The molecule has 1 saturated heterocycles. The van der Waals surface area contributed by atoms with Crippen LogP contribution in [0.5, 0.6) is 0 Å². The van der Waals surface area contributed by atoms with Crippen molar-refractivity contribution in [3.05, 3.63) is 58.0 Å². The van der Waals surface area contributed by atoms with Crippen LogP contribution in [0.2, 0.25) is 0 Å². The van der Waals surface area contributed by atoms with Crippen molar-refractivity contribution in [3.63, 3.8) is 0 Å². The van der Waals surface area contributed by atoms with Gasteiger partial charge in [0.15, 0.2) is 5.76 Å². The van der Waals surface area contributed by atoms with E-state index < -0.39 is 21.7 Å². The van der Waals surface area contributed by atoms with E-state index in [2.05, 4.69) is 35.1 Å². The number of piperidine rings is 1. The zero-order chi connectivity index (χ0) is 23.2. The lowest BCUT2D eigenvalue weighted by atomic mass is 9.94. The third kappa shape index (κ3) is 4.33. The fraction of sp³-hybridized carbons (Fsp3) is 0.348. The van der Waals surface area contributed by atoms with Gasteiger partial charge in [-0.3, -0.25) is 4.79 Å². The first-order valence-electron chi connectivity index (χ1n) is 10.4. The number of carbonyl (C=O) groups is 1. The molecular formula is C23H24BrFN2O4S. The molecule has 0 spiro atoms. The number of hydrogen-bond donors (Lipinski definition) is 1. The molecule has 1 aromatic heterocycles. The van der Waals surface area contributed by atoms with Crippen LogP contribution in [0, 0.1) is 24.6 Å². The van der Waals surface area contributed by atoms with Crippen molar-refractivity contribution in [2.75, 3.05) is 18.4 Å². The van der Waals surface area contributed by atoms with E-state index in [-0.39, 0.29) is 16.3 Å². The number of halogens is 2. The van der Waals surface area contributed by atoms with Crippen LogP contribution < -0.4 is 5.32 Å². The number of aryl methyl sites for hydroxylation is 1. The van der Waals surface area contributed by atoms with E-state index in [1.54, 1.807) is 25.1 Å². The predicted molar refractivity (Wildman–Crippen MR) is 125 cm³/mol. The first-order chi connectivity index (χ1) is 15.1. The number of sulfonamides is 1. The summed E-state index contributed by atoms with van der Waals surface area (Å²) in [5.74, 6) is -0.593. The van der Waals surface area contributed by atoms with Crippen LogP contribution in [0.4, 0.5) is 10.1 Å². The smallest absolute Gasteiger partial charge is 0.291 e. The maximum absolute atomic E-state index is 14.1. The lowest BCUT2D eigenvalue weighted by Crippen LogP contribution is -2.42. The van der Waals surface area contributed by atoms with Crippen LogP contribution in [-0.4, -0.2) is 31.7 Å². The zero-order valence-corrected chi connectivity index (χ0v) is 20.4. The number of rotatable bonds is 4. The molecule has 2 aromatic carbocycles. The Morgan fingerprint density at radius 2 is 1.84 bits per heavy atom. The number of nitrogens with one attached hydrogen (secondary N) is 1. The summed E-state index contributed by atoms with van der Waals surface area (Å²) in [5.41, 5.74) is 0.908. The minimum Gasteiger partial charge on any atom is -0.451 e. The molecule has 1 aliphatic heterocycles. The molecule has 2 atom stereocenters. The maximum Gasteiger partial charge on any atom is 0.291 e. The number of nitrogens with zero attached hydrogens (tertiary/aromatic N) is 1. The highest BCUT2D eigenvalue weighted by Gasteiger charge is 2.32. The van der Waals surface area contributed by atoms with Crippen LogP contribution >= 0.6 is 15.9 Å². The van der Waals surface area contributed by atoms with Gasteiger partial charge >= 0.3 is 0 Å². The van der Waals surface area contributed by atoms with Crippen molar-refractivity contribution in [2.45, 2.75) is 32.1 Å². The summed E-state index contributed by atoms with van der Waals surface area (Å²) < 4.78 is 48.4. The quantitative estimate of drug-likeness (QED) is 0.486. The lowest BCUT2D eigenvalue weighted by Gasteiger charge is -2.34. The number of anilines is 1. The van der Waals surface area contributed by atoms with E-state index in [1.807, 2.05) is 0 Å². The third-order valence-electron chi connectivity index (χ3n) is 5.77. The number of benzene rings is 2. The lowest BCUT2D eigenvalue weighted by molar-refractivity contribution is 0.0997. The second-order valence-electron chi connectivity index (χ2n) is 8.56. The van der Waals surface area contributed by atoms with Gasteiger partial charge in [0.2, 0.25) is 10.0 Å². The van der Waals surface area contributed by atoms with Crippen LogP contribution in [0.3, 0.4) is 0 Å². The molecule has 0 unspecified atom stereocenters. The van der Waals surface area contributed by atoms with Crippen LogP contribution in [0.25, 0.3) is 11.0 Å². The summed E-state index contributed by atoms with van der Waals surface area (Å²) >= 11 is 3.18. The second-order valence-corrected chi connectivity index (χ2v) is 11.4. The van der Waals surface area contributed by atoms with E-state index in [1.165, 1.54) is 22.5 Å². The Balaban J connectivity index is 1.66. The summed E-state index contributed by atoms with van der Waals surface area (Å²) in [5, 5.41) is 3.04. The van der Waals surface area contributed by atoms with Gasteiger partial charge in [0, 0.05) is 28.5 Å². The number of fused-ring (bicyclic) bond motifs is 1. The Bertz CT molecular complexity index is 1290. The summed E-state index contributed by atoms with van der Waals surface area (Å²) in [6.07, 6.45) is 1.00. The van der Waals surface area contributed by atoms with E-state index in [0.29, 0.717) is 45.9 Å². The molecule has 0 radical (unpaired) electrons. The molecule has 0 saturated carbocycles. The average molecular weight is 523 g/mol. The second kappa shape index (κ2) is 8.61.